The van der Waals surface area contributed by atoms with Crippen LogP contribution in [0.1, 0.15) is 18.4 Å². The molecule has 2 aliphatic heterocycles. The molecule has 2 heterocycles. The molecule has 0 saturated heterocycles. The second-order valence-corrected chi connectivity index (χ2v) is 7.35. The second-order valence-electron chi connectivity index (χ2n) is 5.17. The number of rotatable bonds is 4. The summed E-state index contributed by atoms with van der Waals surface area (Å²) in [6.07, 6.45) is 1.18. The summed E-state index contributed by atoms with van der Waals surface area (Å²) >= 11 is 2.63. The number of thioether (sulfide) groups is 2. The number of benzene rings is 1. The second kappa shape index (κ2) is 7.80. The molecule has 126 valence electrons. The maximum Gasteiger partial charge on any atom is 0.248 e. The first kappa shape index (κ1) is 17.0. The van der Waals surface area contributed by atoms with Crippen LogP contribution in [0.25, 0.3) is 0 Å². The molecular weight excluding hydrogens is 351 g/mol. The fourth-order valence-electron chi connectivity index (χ4n) is 2.10. The molecule has 0 radical (unpaired) electrons. The van der Waals surface area contributed by atoms with Crippen LogP contribution < -0.4 is 5.32 Å². The molecule has 0 atom stereocenters. The maximum atomic E-state index is 12.8. The number of hydrogen-bond donors (Lipinski definition) is 1. The van der Waals surface area contributed by atoms with Gasteiger partial charge in [0, 0.05) is 19.5 Å². The Hall–Kier alpha value is -1.87. The van der Waals surface area contributed by atoms with E-state index >= 15 is 0 Å². The average molecular weight is 366 g/mol. The Kier molecular flexibility index (Phi) is 5.52. The van der Waals surface area contributed by atoms with Crippen molar-refractivity contribution < 1.29 is 14.0 Å². The predicted molar refractivity (Wildman–Crippen MR) is 94.1 cm³/mol. The van der Waals surface area contributed by atoms with Crippen molar-refractivity contribution in [1.29, 1.82) is 0 Å². The lowest BCUT2D eigenvalue weighted by atomic mass is 10.2. The summed E-state index contributed by atoms with van der Waals surface area (Å²) in [4.78, 5) is 27.4. The highest BCUT2D eigenvalue weighted by atomic mass is 32.2. The average Bonchev–Trinajstić information content (AvgIpc) is 2.85. The van der Waals surface area contributed by atoms with Gasteiger partial charge in [-0.05, 0) is 35.9 Å². The lowest BCUT2D eigenvalue weighted by Gasteiger charge is -2.08. The van der Waals surface area contributed by atoms with Gasteiger partial charge in [0.1, 0.15) is 5.82 Å². The van der Waals surface area contributed by atoms with Gasteiger partial charge >= 0.3 is 0 Å². The lowest BCUT2D eigenvalue weighted by molar-refractivity contribution is -0.119. The topological polar surface area (TPSA) is 74.1 Å². The molecule has 0 fully saturated rings. The summed E-state index contributed by atoms with van der Waals surface area (Å²) in [7, 11) is 0. The number of carbonyl (C=O) groups excluding carboxylic acids is 2. The molecule has 24 heavy (non-hydrogen) atoms. The van der Waals surface area contributed by atoms with Crippen LogP contribution >= 0.6 is 23.5 Å². The molecule has 2 amide bonds. The van der Waals surface area contributed by atoms with Crippen LogP contribution in [-0.4, -0.2) is 38.7 Å². The molecule has 0 aromatic heterocycles. The van der Waals surface area contributed by atoms with Gasteiger partial charge in [-0.25, -0.2) is 9.40 Å². The summed E-state index contributed by atoms with van der Waals surface area (Å²) in [5.74, 6) is -0.334. The van der Waals surface area contributed by atoms with Crippen molar-refractivity contribution in [1.82, 2.24) is 10.3 Å². The minimum absolute atomic E-state index is 0.126. The fourth-order valence-corrected chi connectivity index (χ4v) is 3.93. The summed E-state index contributed by atoms with van der Waals surface area (Å²) in [6, 6.07) is 5.99. The molecule has 1 N–H and O–H groups in total. The summed E-state index contributed by atoms with van der Waals surface area (Å²) in [5, 5.41) is 9.46. The van der Waals surface area contributed by atoms with E-state index in [1.807, 2.05) is 0 Å². The van der Waals surface area contributed by atoms with Gasteiger partial charge in [-0.1, -0.05) is 23.9 Å². The smallest absolute Gasteiger partial charge is 0.248 e. The number of nitrogens with zero attached hydrogens (tertiary/aromatic N) is 3. The van der Waals surface area contributed by atoms with Crippen molar-refractivity contribution >= 4 is 44.9 Å². The largest absolute Gasteiger partial charge is 0.351 e. The minimum atomic E-state index is -0.300. The standard InChI is InChI=1S/C15H15FN4O2S2/c16-11-5-3-10(4-6-11)8-17-13(22)9-23-15-19-20-7-1-2-12(21)18-14(20)24-15/h3-6H,1-2,7-9H2,(H,17,22). The molecule has 0 unspecified atom stereocenters. The molecular formula is C15H15FN4O2S2. The van der Waals surface area contributed by atoms with Crippen molar-refractivity contribution in [3.8, 4) is 0 Å². The highest BCUT2D eigenvalue weighted by Gasteiger charge is 2.26. The number of amides is 2. The number of halogens is 1. The SMILES string of the molecule is O=C1CCCN2N=C(SCC(=O)NCc3ccc(F)cc3)SC2=N1. The van der Waals surface area contributed by atoms with Gasteiger partial charge in [0.25, 0.3) is 0 Å². The van der Waals surface area contributed by atoms with E-state index in [-0.39, 0.29) is 23.4 Å². The van der Waals surface area contributed by atoms with Crippen LogP contribution in [0.5, 0.6) is 0 Å². The Balaban J connectivity index is 1.45. The minimum Gasteiger partial charge on any atom is -0.351 e. The van der Waals surface area contributed by atoms with Crippen LogP contribution in [0.2, 0.25) is 0 Å². The van der Waals surface area contributed by atoms with Crippen molar-refractivity contribution in [2.24, 2.45) is 10.1 Å². The Labute approximate surface area is 147 Å². The van der Waals surface area contributed by atoms with Gasteiger partial charge in [-0.2, -0.15) is 10.1 Å². The first-order chi connectivity index (χ1) is 11.6. The van der Waals surface area contributed by atoms with E-state index < -0.39 is 0 Å². The Morgan fingerprint density at radius 2 is 2.17 bits per heavy atom. The highest BCUT2D eigenvalue weighted by molar-refractivity contribution is 8.45. The van der Waals surface area contributed by atoms with Crippen LogP contribution in [0.4, 0.5) is 4.39 Å². The third kappa shape index (κ3) is 4.57. The zero-order valence-electron chi connectivity index (χ0n) is 12.7. The quantitative estimate of drug-likeness (QED) is 0.884. The van der Waals surface area contributed by atoms with Gasteiger partial charge in [0.15, 0.2) is 9.54 Å². The zero-order chi connectivity index (χ0) is 16.9. The molecule has 9 heteroatoms. The molecule has 0 spiro atoms. The molecule has 3 rings (SSSR count). The Morgan fingerprint density at radius 1 is 1.38 bits per heavy atom. The number of hydrazone groups is 1. The molecule has 0 saturated carbocycles. The Bertz CT molecular complexity index is 706. The monoisotopic (exact) mass is 366 g/mol. The van der Waals surface area contributed by atoms with E-state index in [1.54, 1.807) is 17.1 Å². The number of aliphatic imine (C=N–C) groups is 1. The van der Waals surface area contributed by atoms with Crippen molar-refractivity contribution in [2.75, 3.05) is 12.3 Å². The van der Waals surface area contributed by atoms with Gasteiger partial charge < -0.3 is 5.32 Å². The maximum absolute atomic E-state index is 12.8. The fraction of sp³-hybridized carbons (Fsp3) is 0.333. The first-order valence-electron chi connectivity index (χ1n) is 7.39. The van der Waals surface area contributed by atoms with Crippen LogP contribution in [0.3, 0.4) is 0 Å². The molecule has 0 bridgehead atoms. The van der Waals surface area contributed by atoms with Crippen LogP contribution in [-0.2, 0) is 16.1 Å². The Morgan fingerprint density at radius 3 is 2.96 bits per heavy atom. The highest BCUT2D eigenvalue weighted by Crippen LogP contribution is 2.29. The molecule has 1 aromatic rings. The van der Waals surface area contributed by atoms with Gasteiger partial charge in [-0.3, -0.25) is 9.59 Å². The third-order valence-corrected chi connectivity index (χ3v) is 5.39. The van der Waals surface area contributed by atoms with E-state index in [4.69, 9.17) is 0 Å². The van der Waals surface area contributed by atoms with E-state index in [0.717, 1.165) is 12.0 Å². The number of hydrogen-bond acceptors (Lipinski definition) is 6. The predicted octanol–water partition coefficient (Wildman–Crippen LogP) is 2.17. The van der Waals surface area contributed by atoms with E-state index in [0.29, 0.717) is 29.1 Å². The van der Waals surface area contributed by atoms with E-state index in [1.165, 1.54) is 35.7 Å². The van der Waals surface area contributed by atoms with Crippen molar-refractivity contribution in [2.45, 2.75) is 19.4 Å². The summed E-state index contributed by atoms with van der Waals surface area (Å²) in [5.41, 5.74) is 0.837. The van der Waals surface area contributed by atoms with Crippen LogP contribution in [0, 0.1) is 5.82 Å². The van der Waals surface area contributed by atoms with E-state index in [2.05, 4.69) is 15.4 Å². The van der Waals surface area contributed by atoms with Crippen molar-refractivity contribution in [3.05, 3.63) is 35.6 Å². The number of fused-ring (bicyclic) bond motifs is 1. The van der Waals surface area contributed by atoms with Crippen molar-refractivity contribution in [3.63, 3.8) is 0 Å². The van der Waals surface area contributed by atoms with Gasteiger partial charge in [0.05, 0.1) is 5.75 Å². The first-order valence-corrected chi connectivity index (χ1v) is 9.20. The molecule has 1 aromatic carbocycles. The van der Waals surface area contributed by atoms with Gasteiger partial charge in [0.2, 0.25) is 11.8 Å². The summed E-state index contributed by atoms with van der Waals surface area (Å²) in [6.45, 7) is 1.02. The zero-order valence-corrected chi connectivity index (χ0v) is 14.3. The molecule has 2 aliphatic rings. The summed E-state index contributed by atoms with van der Waals surface area (Å²) < 4.78 is 13.5. The van der Waals surface area contributed by atoms with Gasteiger partial charge in [-0.15, -0.1) is 0 Å². The number of carbonyl (C=O) groups is 2. The van der Waals surface area contributed by atoms with E-state index in [9.17, 15) is 14.0 Å². The molecule has 6 nitrogen and oxygen atoms in total. The lowest BCUT2D eigenvalue weighted by Crippen LogP contribution is -2.24. The normalized spacial score (nSPS) is 17.0. The molecule has 0 aliphatic carbocycles. The third-order valence-electron chi connectivity index (χ3n) is 3.31. The number of nitrogens with one attached hydrogen (secondary N) is 1. The number of amidine groups is 1. The van der Waals surface area contributed by atoms with Crippen LogP contribution in [0.15, 0.2) is 34.4 Å².